The van der Waals surface area contributed by atoms with Crippen molar-refractivity contribution in [3.8, 4) is 0 Å². The standard InChI is InChI=1S/C14H19N2O10P/c1-7(15)13(19)25-14(20)8-3-2-4-16(5-8)12-11(18)10(17)9(24-12)6-23-27(22)26-21/h2-5,7,9-12,17-18,27H,6,15H2,1H3/p+1/t7-,9+,10+,11+,12+/m0/s1. The van der Waals surface area contributed by atoms with Gasteiger partial charge in [0.05, 0.1) is 6.61 Å². The molecule has 1 saturated heterocycles. The van der Waals surface area contributed by atoms with E-state index >= 15 is 0 Å². The van der Waals surface area contributed by atoms with Gasteiger partial charge in [-0.25, -0.2) is 14.8 Å². The Kier molecular flexibility index (Phi) is 7.53. The number of nitrogens with zero attached hydrogens (tertiary/aromatic N) is 1. The Morgan fingerprint density at radius 1 is 1.41 bits per heavy atom. The quantitative estimate of drug-likeness (QED) is 0.103. The van der Waals surface area contributed by atoms with Crippen LogP contribution in [0.4, 0.5) is 0 Å². The molecule has 0 amide bonds. The van der Waals surface area contributed by atoms with Crippen LogP contribution in [-0.2, 0) is 28.0 Å². The first-order valence-electron chi connectivity index (χ1n) is 7.76. The van der Waals surface area contributed by atoms with Crippen LogP contribution in [0.3, 0.4) is 0 Å². The molecule has 0 bridgehead atoms. The van der Waals surface area contributed by atoms with E-state index < -0.39 is 57.4 Å². The molecule has 0 aromatic carbocycles. The molecule has 0 radical (unpaired) electrons. The number of carbonyl (C=O) groups excluding carboxylic acids is 2. The van der Waals surface area contributed by atoms with Crippen molar-refractivity contribution >= 4 is 20.2 Å². The molecule has 2 rings (SSSR count). The first-order chi connectivity index (χ1) is 12.7. The van der Waals surface area contributed by atoms with E-state index in [0.717, 1.165) is 0 Å². The predicted octanol–water partition coefficient (Wildman–Crippen LogP) is -1.48. The van der Waals surface area contributed by atoms with Gasteiger partial charge in [0.1, 0.15) is 23.8 Å². The third kappa shape index (κ3) is 5.37. The van der Waals surface area contributed by atoms with E-state index in [-0.39, 0.29) is 5.56 Å². The van der Waals surface area contributed by atoms with Crippen LogP contribution in [0.5, 0.6) is 0 Å². The summed E-state index contributed by atoms with van der Waals surface area (Å²) in [5.41, 5.74) is 5.31. The number of carbonyl (C=O) groups is 2. The van der Waals surface area contributed by atoms with Gasteiger partial charge < -0.3 is 29.9 Å². The summed E-state index contributed by atoms with van der Waals surface area (Å²) in [7, 11) is -3.15. The molecule has 27 heavy (non-hydrogen) atoms. The molecule has 12 nitrogen and oxygen atoms in total. The van der Waals surface area contributed by atoms with Crippen molar-refractivity contribution in [3.05, 3.63) is 30.1 Å². The first-order valence-corrected chi connectivity index (χ1v) is 8.99. The van der Waals surface area contributed by atoms with Gasteiger partial charge in [0, 0.05) is 6.07 Å². The maximum atomic E-state index is 12.0. The van der Waals surface area contributed by atoms with Crippen LogP contribution < -0.4 is 10.3 Å². The maximum absolute atomic E-state index is 12.0. The maximum Gasteiger partial charge on any atom is 0.351 e. The minimum absolute atomic E-state index is 0.0183. The zero-order valence-electron chi connectivity index (χ0n) is 14.1. The molecule has 0 aliphatic carbocycles. The third-order valence-electron chi connectivity index (χ3n) is 3.69. The summed E-state index contributed by atoms with van der Waals surface area (Å²) in [5.74, 6) is -1.85. The van der Waals surface area contributed by atoms with Crippen LogP contribution in [0.15, 0.2) is 24.5 Å². The van der Waals surface area contributed by atoms with Gasteiger partial charge in [-0.1, -0.05) is 0 Å². The van der Waals surface area contributed by atoms with Crippen LogP contribution in [0.2, 0.25) is 0 Å². The van der Waals surface area contributed by atoms with Crippen molar-refractivity contribution in [2.45, 2.75) is 37.5 Å². The topological polar surface area (TPSA) is 179 Å². The molecule has 150 valence electrons. The van der Waals surface area contributed by atoms with E-state index in [9.17, 15) is 24.4 Å². The van der Waals surface area contributed by atoms with E-state index in [4.69, 9.17) is 15.7 Å². The van der Waals surface area contributed by atoms with Crippen molar-refractivity contribution in [3.63, 3.8) is 0 Å². The Hall–Kier alpha value is -1.76. The second-order valence-corrected chi connectivity index (χ2v) is 6.71. The van der Waals surface area contributed by atoms with Gasteiger partial charge in [0.2, 0.25) is 0 Å². The van der Waals surface area contributed by atoms with E-state index in [0.29, 0.717) is 0 Å². The number of aliphatic hydroxyl groups is 2. The number of aliphatic hydroxyl groups excluding tert-OH is 2. The highest BCUT2D eigenvalue weighted by molar-refractivity contribution is 7.33. The van der Waals surface area contributed by atoms with Crippen molar-refractivity contribution in [1.29, 1.82) is 0 Å². The van der Waals surface area contributed by atoms with Crippen molar-refractivity contribution in [1.82, 2.24) is 0 Å². The second kappa shape index (κ2) is 9.44. The van der Waals surface area contributed by atoms with Gasteiger partial charge in [-0.3, -0.25) is 4.57 Å². The van der Waals surface area contributed by atoms with Crippen LogP contribution in [0.1, 0.15) is 23.5 Å². The molecule has 1 aromatic heterocycles. The minimum Gasteiger partial charge on any atom is -0.388 e. The number of aromatic nitrogens is 1. The molecule has 0 saturated carbocycles. The fraction of sp³-hybridized carbons (Fsp3) is 0.500. The highest BCUT2D eigenvalue weighted by Gasteiger charge is 2.48. The number of ether oxygens (including phenoxy) is 2. The molecule has 5 N–H and O–H groups in total. The van der Waals surface area contributed by atoms with Gasteiger partial charge >= 0.3 is 20.2 Å². The summed E-state index contributed by atoms with van der Waals surface area (Å²) in [5, 5.41) is 28.4. The number of esters is 2. The number of hydrogen-bond donors (Lipinski definition) is 4. The lowest BCUT2D eigenvalue weighted by Crippen LogP contribution is -2.46. The minimum atomic E-state index is -3.15. The zero-order chi connectivity index (χ0) is 20.1. The predicted molar refractivity (Wildman–Crippen MR) is 85.3 cm³/mol. The third-order valence-corrected chi connectivity index (χ3v) is 4.25. The molecule has 1 aliphatic rings. The molecular formula is C14H20N2O10P+. The average Bonchev–Trinajstić information content (AvgIpc) is 2.94. The van der Waals surface area contributed by atoms with Crippen molar-refractivity contribution in [2.75, 3.05) is 6.61 Å². The Bertz CT molecular complexity index is 715. The van der Waals surface area contributed by atoms with Gasteiger partial charge in [-0.15, -0.1) is 0 Å². The molecule has 0 spiro atoms. The SMILES string of the molecule is C[C@H](N)C(=O)OC(=O)c1ccc[n+]([C@@H]2O[C@H](CO[PH](=O)OO)[C@@H](O)[C@H]2O)c1. The lowest BCUT2D eigenvalue weighted by molar-refractivity contribution is -0.765. The zero-order valence-corrected chi connectivity index (χ0v) is 15.1. The second-order valence-electron chi connectivity index (χ2n) is 5.74. The van der Waals surface area contributed by atoms with Crippen LogP contribution in [0, 0.1) is 0 Å². The summed E-state index contributed by atoms with van der Waals surface area (Å²) in [6.07, 6.45) is -2.28. The summed E-state index contributed by atoms with van der Waals surface area (Å²) >= 11 is 0. The molecule has 13 heteroatoms. The van der Waals surface area contributed by atoms with Gasteiger partial charge in [0.15, 0.2) is 18.5 Å². The molecule has 1 aliphatic heterocycles. The lowest BCUT2D eigenvalue weighted by atomic mass is 10.1. The lowest BCUT2D eigenvalue weighted by Gasteiger charge is -2.12. The van der Waals surface area contributed by atoms with Gasteiger partial charge in [0.25, 0.3) is 6.23 Å². The van der Waals surface area contributed by atoms with E-state index in [1.165, 1.54) is 36.0 Å². The largest absolute Gasteiger partial charge is 0.388 e. The summed E-state index contributed by atoms with van der Waals surface area (Å²) < 4.78 is 30.5. The Labute approximate surface area is 153 Å². The molecule has 1 aromatic rings. The fourth-order valence-corrected chi connectivity index (χ4v) is 2.66. The van der Waals surface area contributed by atoms with Crippen LogP contribution >= 0.6 is 8.25 Å². The Morgan fingerprint density at radius 3 is 2.74 bits per heavy atom. The smallest absolute Gasteiger partial charge is 0.351 e. The van der Waals surface area contributed by atoms with Gasteiger partial charge in [-0.2, -0.15) is 9.24 Å². The average molecular weight is 407 g/mol. The summed E-state index contributed by atoms with van der Waals surface area (Å²) in [6.45, 7) is 0.946. The number of pyridine rings is 1. The summed E-state index contributed by atoms with van der Waals surface area (Å²) in [6, 6.07) is 1.84. The number of hydrogen-bond acceptors (Lipinski definition) is 11. The summed E-state index contributed by atoms with van der Waals surface area (Å²) in [4.78, 5) is 23.4. The number of nitrogens with two attached hydrogens (primary N) is 1. The molecular weight excluding hydrogens is 387 g/mol. The normalized spacial score (nSPS) is 27.1. The Morgan fingerprint density at radius 2 is 2.11 bits per heavy atom. The van der Waals surface area contributed by atoms with Crippen molar-refractivity contribution < 1.29 is 52.9 Å². The van der Waals surface area contributed by atoms with Crippen LogP contribution in [0.25, 0.3) is 0 Å². The molecule has 2 heterocycles. The van der Waals surface area contributed by atoms with Crippen LogP contribution in [-0.4, -0.2) is 58.4 Å². The first kappa shape index (κ1) is 21.5. The monoisotopic (exact) mass is 407 g/mol. The number of rotatable bonds is 7. The van der Waals surface area contributed by atoms with E-state index in [2.05, 4.69) is 13.9 Å². The van der Waals surface area contributed by atoms with E-state index in [1.54, 1.807) is 0 Å². The fourth-order valence-electron chi connectivity index (χ4n) is 2.30. The Balaban J connectivity index is 2.10. The van der Waals surface area contributed by atoms with Crippen molar-refractivity contribution in [2.24, 2.45) is 5.73 Å². The molecule has 1 fully saturated rings. The van der Waals surface area contributed by atoms with Gasteiger partial charge in [-0.05, 0) is 13.0 Å². The van der Waals surface area contributed by atoms with E-state index in [1.807, 2.05) is 0 Å². The molecule has 1 unspecified atom stereocenters. The highest BCUT2D eigenvalue weighted by Crippen LogP contribution is 2.29. The highest BCUT2D eigenvalue weighted by atomic mass is 31.1. The molecule has 6 atom stereocenters.